The zero-order valence-corrected chi connectivity index (χ0v) is 9.18. The Bertz CT molecular complexity index is 440. The molecule has 0 atom stereocenters. The van der Waals surface area contributed by atoms with Gasteiger partial charge in [0.15, 0.2) is 0 Å². The second-order valence-corrected chi connectivity index (χ2v) is 4.04. The van der Waals surface area contributed by atoms with Crippen LogP contribution in [0.3, 0.4) is 0 Å². The molecule has 2 rings (SSSR count). The molecule has 1 aromatic carbocycles. The summed E-state index contributed by atoms with van der Waals surface area (Å²) in [5.41, 5.74) is 2.14. The van der Waals surface area contributed by atoms with Crippen molar-refractivity contribution in [3.8, 4) is 11.3 Å². The summed E-state index contributed by atoms with van der Waals surface area (Å²) < 4.78 is 2.03. The zero-order valence-electron chi connectivity index (χ0n) is 7.67. The first-order valence-electron chi connectivity index (χ1n) is 4.24. The van der Waals surface area contributed by atoms with E-state index in [2.05, 4.69) is 0 Å². The zero-order chi connectivity index (χ0) is 10.1. The fourth-order valence-corrected chi connectivity index (χ4v) is 1.99. The van der Waals surface area contributed by atoms with Crippen molar-refractivity contribution < 1.29 is 0 Å². The molecule has 1 aromatic heterocycles. The van der Waals surface area contributed by atoms with Crippen molar-refractivity contribution in [3.63, 3.8) is 0 Å². The predicted octanol–water partition coefficient (Wildman–Crippen LogP) is 4.00. The second kappa shape index (κ2) is 3.68. The van der Waals surface area contributed by atoms with E-state index in [1.54, 1.807) is 6.07 Å². The smallest absolute Gasteiger partial charge is 0.0478 e. The molecular weight excluding hydrogens is 217 g/mol. The maximum Gasteiger partial charge on any atom is 0.0478 e. The summed E-state index contributed by atoms with van der Waals surface area (Å²) in [7, 11) is 1.99. The van der Waals surface area contributed by atoms with Gasteiger partial charge in [-0.25, -0.2) is 0 Å². The molecule has 0 aliphatic carbocycles. The summed E-state index contributed by atoms with van der Waals surface area (Å²) in [5.74, 6) is 0. The van der Waals surface area contributed by atoms with Crippen LogP contribution < -0.4 is 0 Å². The number of halogens is 2. The Morgan fingerprint density at radius 2 is 1.71 bits per heavy atom. The molecule has 1 heterocycles. The van der Waals surface area contributed by atoms with Crippen LogP contribution >= 0.6 is 23.2 Å². The fraction of sp³-hybridized carbons (Fsp3) is 0.0909. The highest BCUT2D eigenvalue weighted by Crippen LogP contribution is 2.26. The topological polar surface area (TPSA) is 4.93 Å². The van der Waals surface area contributed by atoms with E-state index in [-0.39, 0.29) is 0 Å². The minimum atomic E-state index is 0.661. The van der Waals surface area contributed by atoms with Crippen LogP contribution in [0, 0.1) is 0 Å². The lowest BCUT2D eigenvalue weighted by atomic mass is 10.1. The first kappa shape index (κ1) is 9.63. The molecule has 72 valence electrons. The molecule has 0 N–H and O–H groups in total. The molecule has 1 nitrogen and oxygen atoms in total. The van der Waals surface area contributed by atoms with Gasteiger partial charge in [-0.1, -0.05) is 23.2 Å². The first-order valence-corrected chi connectivity index (χ1v) is 5.00. The molecule has 14 heavy (non-hydrogen) atoms. The van der Waals surface area contributed by atoms with Crippen LogP contribution in [0.2, 0.25) is 10.0 Å². The molecule has 0 spiro atoms. The van der Waals surface area contributed by atoms with Crippen molar-refractivity contribution in [1.29, 1.82) is 0 Å². The van der Waals surface area contributed by atoms with Gasteiger partial charge in [0.05, 0.1) is 0 Å². The van der Waals surface area contributed by atoms with E-state index >= 15 is 0 Å². The minimum absolute atomic E-state index is 0.661. The highest BCUT2D eigenvalue weighted by molar-refractivity contribution is 6.35. The van der Waals surface area contributed by atoms with E-state index in [9.17, 15) is 0 Å². The highest BCUT2D eigenvalue weighted by atomic mass is 35.5. The van der Waals surface area contributed by atoms with Crippen molar-refractivity contribution in [3.05, 3.63) is 46.6 Å². The van der Waals surface area contributed by atoms with Gasteiger partial charge in [0.1, 0.15) is 0 Å². The van der Waals surface area contributed by atoms with E-state index in [1.165, 1.54) is 0 Å². The summed E-state index contributed by atoms with van der Waals surface area (Å²) in [6, 6.07) is 9.56. The van der Waals surface area contributed by atoms with Gasteiger partial charge >= 0.3 is 0 Å². The Hall–Kier alpha value is -0.920. The van der Waals surface area contributed by atoms with E-state index in [4.69, 9.17) is 23.2 Å². The maximum atomic E-state index is 5.93. The van der Waals surface area contributed by atoms with Gasteiger partial charge in [-0.2, -0.15) is 0 Å². The molecule has 0 saturated carbocycles. The Morgan fingerprint density at radius 1 is 1.07 bits per heavy atom. The number of hydrogen-bond donors (Lipinski definition) is 0. The van der Waals surface area contributed by atoms with Crippen molar-refractivity contribution in [2.45, 2.75) is 0 Å². The lowest BCUT2D eigenvalue weighted by Gasteiger charge is -2.04. The lowest BCUT2D eigenvalue weighted by Crippen LogP contribution is -1.88. The van der Waals surface area contributed by atoms with Crippen molar-refractivity contribution in [2.24, 2.45) is 7.05 Å². The third kappa shape index (κ3) is 1.79. The predicted molar refractivity (Wildman–Crippen MR) is 60.9 cm³/mol. The average Bonchev–Trinajstić information content (AvgIpc) is 2.49. The summed E-state index contributed by atoms with van der Waals surface area (Å²) in [6.45, 7) is 0. The van der Waals surface area contributed by atoms with E-state index in [1.807, 2.05) is 42.1 Å². The van der Waals surface area contributed by atoms with E-state index in [0.29, 0.717) is 10.0 Å². The summed E-state index contributed by atoms with van der Waals surface area (Å²) >= 11 is 11.9. The molecule has 0 fully saturated rings. The molecule has 0 unspecified atom stereocenters. The van der Waals surface area contributed by atoms with Gasteiger partial charge in [-0.3, -0.25) is 0 Å². The van der Waals surface area contributed by atoms with Crippen LogP contribution in [0.15, 0.2) is 36.5 Å². The summed E-state index contributed by atoms with van der Waals surface area (Å²) in [5, 5.41) is 1.32. The molecule has 0 aliphatic rings. The quantitative estimate of drug-likeness (QED) is 0.692. The third-order valence-electron chi connectivity index (χ3n) is 2.10. The minimum Gasteiger partial charge on any atom is -0.351 e. The molecule has 0 amide bonds. The Morgan fingerprint density at radius 3 is 2.21 bits per heavy atom. The number of aromatic nitrogens is 1. The second-order valence-electron chi connectivity index (χ2n) is 3.16. The maximum absolute atomic E-state index is 5.93. The molecule has 2 aromatic rings. The SMILES string of the molecule is Cn1cccc1-c1cc(Cl)cc(Cl)c1. The standard InChI is InChI=1S/C11H9Cl2N/c1-14-4-2-3-11(14)8-5-9(12)7-10(13)6-8/h2-7H,1H3. The van der Waals surface area contributed by atoms with Gasteiger partial charge in [-0.05, 0) is 30.3 Å². The van der Waals surface area contributed by atoms with Crippen LogP contribution in [0.25, 0.3) is 11.3 Å². The van der Waals surface area contributed by atoms with Crippen molar-refractivity contribution >= 4 is 23.2 Å². The molecular formula is C11H9Cl2N. The van der Waals surface area contributed by atoms with Crippen LogP contribution in [0.1, 0.15) is 0 Å². The molecule has 3 heteroatoms. The van der Waals surface area contributed by atoms with Crippen molar-refractivity contribution in [1.82, 2.24) is 4.57 Å². The third-order valence-corrected chi connectivity index (χ3v) is 2.54. The van der Waals surface area contributed by atoms with Crippen LogP contribution in [-0.2, 0) is 7.05 Å². The van der Waals surface area contributed by atoms with E-state index in [0.717, 1.165) is 11.3 Å². The molecule has 0 bridgehead atoms. The average molecular weight is 226 g/mol. The van der Waals surface area contributed by atoms with Crippen LogP contribution in [0.5, 0.6) is 0 Å². The van der Waals surface area contributed by atoms with Gasteiger partial charge in [-0.15, -0.1) is 0 Å². The lowest BCUT2D eigenvalue weighted by molar-refractivity contribution is 0.937. The summed E-state index contributed by atoms with van der Waals surface area (Å²) in [4.78, 5) is 0. The normalized spacial score (nSPS) is 10.5. The monoisotopic (exact) mass is 225 g/mol. The molecule has 0 aliphatic heterocycles. The van der Waals surface area contributed by atoms with Crippen LogP contribution in [0.4, 0.5) is 0 Å². The number of benzene rings is 1. The number of hydrogen-bond acceptors (Lipinski definition) is 0. The largest absolute Gasteiger partial charge is 0.351 e. The van der Waals surface area contributed by atoms with E-state index < -0.39 is 0 Å². The Kier molecular flexibility index (Phi) is 2.53. The van der Waals surface area contributed by atoms with Crippen LogP contribution in [-0.4, -0.2) is 4.57 Å². The fourth-order valence-electron chi connectivity index (χ4n) is 1.46. The van der Waals surface area contributed by atoms with Gasteiger partial charge in [0.25, 0.3) is 0 Å². The number of aryl methyl sites for hydroxylation is 1. The highest BCUT2D eigenvalue weighted by Gasteiger charge is 2.03. The van der Waals surface area contributed by atoms with Gasteiger partial charge in [0, 0.05) is 34.5 Å². The number of nitrogens with zero attached hydrogens (tertiary/aromatic N) is 1. The van der Waals surface area contributed by atoms with Gasteiger partial charge < -0.3 is 4.57 Å². The Labute approximate surface area is 92.9 Å². The molecule has 0 saturated heterocycles. The summed E-state index contributed by atoms with van der Waals surface area (Å²) in [6.07, 6.45) is 1.99. The van der Waals surface area contributed by atoms with Gasteiger partial charge in [0.2, 0.25) is 0 Å². The Balaban J connectivity index is 2.57. The number of rotatable bonds is 1. The van der Waals surface area contributed by atoms with Crippen molar-refractivity contribution in [2.75, 3.05) is 0 Å². The first-order chi connectivity index (χ1) is 6.66. The molecule has 0 radical (unpaired) electrons.